The molecule has 7 heteroatoms. The topological polar surface area (TPSA) is 99.3 Å². The number of carbonyl (C=O) groups is 1. The monoisotopic (exact) mass is 424 g/mol. The van der Waals surface area contributed by atoms with Crippen molar-refractivity contribution >= 4 is 22.8 Å². The van der Waals surface area contributed by atoms with Crippen LogP contribution in [0.2, 0.25) is 0 Å². The van der Waals surface area contributed by atoms with Crippen LogP contribution in [0.5, 0.6) is 5.75 Å². The fourth-order valence-electron chi connectivity index (χ4n) is 3.58. The molecule has 0 fully saturated rings. The number of aromatic nitrogens is 2. The Balaban J connectivity index is 2.06. The van der Waals surface area contributed by atoms with Gasteiger partial charge in [-0.1, -0.05) is 24.3 Å². The van der Waals surface area contributed by atoms with Gasteiger partial charge in [-0.3, -0.25) is 0 Å². The van der Waals surface area contributed by atoms with Gasteiger partial charge >= 0.3 is 5.97 Å². The van der Waals surface area contributed by atoms with E-state index in [1.807, 2.05) is 43.3 Å². The maximum absolute atomic E-state index is 11.3. The predicted molar refractivity (Wildman–Crippen MR) is 123 cm³/mol. The van der Waals surface area contributed by atoms with Gasteiger partial charge in [-0.2, -0.15) is 5.26 Å². The molecule has 7 nitrogen and oxygen atoms in total. The van der Waals surface area contributed by atoms with Gasteiger partial charge in [-0.05, 0) is 47.0 Å². The van der Waals surface area contributed by atoms with Gasteiger partial charge in [0.1, 0.15) is 5.52 Å². The van der Waals surface area contributed by atoms with E-state index in [2.05, 4.69) is 11.1 Å². The van der Waals surface area contributed by atoms with Gasteiger partial charge in [-0.15, -0.1) is 0 Å². The Bertz CT molecular complexity index is 1370. The maximum Gasteiger partial charge on any atom is 0.335 e. The Morgan fingerprint density at radius 2 is 1.81 bits per heavy atom. The smallest absolute Gasteiger partial charge is 0.335 e. The number of carboxylic acids is 1. The highest BCUT2D eigenvalue weighted by Crippen LogP contribution is 2.42. The maximum atomic E-state index is 11.3. The van der Waals surface area contributed by atoms with Crippen LogP contribution in [0.3, 0.4) is 0 Å². The van der Waals surface area contributed by atoms with Gasteiger partial charge in [0.25, 0.3) is 0 Å². The number of nitriles is 1. The van der Waals surface area contributed by atoms with Crippen molar-refractivity contribution in [1.29, 1.82) is 5.26 Å². The molecule has 4 rings (SSSR count). The lowest BCUT2D eigenvalue weighted by Gasteiger charge is -2.18. The number of anilines is 1. The summed E-state index contributed by atoms with van der Waals surface area (Å²) in [4.78, 5) is 22.3. The molecule has 0 aliphatic carbocycles. The van der Waals surface area contributed by atoms with Crippen molar-refractivity contribution in [3.05, 3.63) is 71.9 Å². The third kappa shape index (κ3) is 3.70. The van der Waals surface area contributed by atoms with Crippen LogP contribution >= 0.6 is 0 Å². The van der Waals surface area contributed by atoms with Gasteiger partial charge in [0.15, 0.2) is 5.75 Å². The lowest BCUT2D eigenvalue weighted by Crippen LogP contribution is -2.12. The number of fused-ring (bicyclic) bond motifs is 1. The Kier molecular flexibility index (Phi) is 5.44. The average Bonchev–Trinajstić information content (AvgIpc) is 2.82. The highest BCUT2D eigenvalue weighted by atomic mass is 16.5. The number of hydrogen-bond acceptors (Lipinski definition) is 6. The summed E-state index contributed by atoms with van der Waals surface area (Å²) in [6, 6.07) is 18.1. The molecule has 0 aliphatic heterocycles. The van der Waals surface area contributed by atoms with E-state index >= 15 is 0 Å². The zero-order valence-corrected chi connectivity index (χ0v) is 17.8. The molecule has 0 radical (unpaired) electrons. The molecular weight excluding hydrogens is 404 g/mol. The molecule has 4 aromatic rings. The number of nitrogens with zero attached hydrogens (tertiary/aromatic N) is 4. The van der Waals surface area contributed by atoms with Crippen LogP contribution in [0.25, 0.3) is 33.2 Å². The fraction of sp³-hybridized carbons (Fsp3) is 0.120. The van der Waals surface area contributed by atoms with Gasteiger partial charge in [0.05, 0.1) is 24.3 Å². The third-order valence-corrected chi connectivity index (χ3v) is 5.16. The minimum Gasteiger partial charge on any atom is -0.494 e. The molecule has 0 atom stereocenters. The molecule has 0 bridgehead atoms. The van der Waals surface area contributed by atoms with E-state index < -0.39 is 5.97 Å². The van der Waals surface area contributed by atoms with E-state index in [0.29, 0.717) is 22.8 Å². The molecule has 0 spiro atoms. The molecule has 0 unspecified atom stereocenters. The predicted octanol–water partition coefficient (Wildman–Crippen LogP) is 4.61. The van der Waals surface area contributed by atoms with Crippen molar-refractivity contribution in [2.24, 2.45) is 0 Å². The van der Waals surface area contributed by atoms with Crippen LogP contribution in [0, 0.1) is 11.3 Å². The van der Waals surface area contributed by atoms with Crippen molar-refractivity contribution in [1.82, 2.24) is 9.97 Å². The summed E-state index contributed by atoms with van der Waals surface area (Å²) >= 11 is 0. The largest absolute Gasteiger partial charge is 0.494 e. The van der Waals surface area contributed by atoms with Gasteiger partial charge in [0.2, 0.25) is 5.95 Å². The zero-order valence-electron chi connectivity index (χ0n) is 17.8. The van der Waals surface area contributed by atoms with Crippen LogP contribution in [-0.4, -0.2) is 42.2 Å². The average molecular weight is 424 g/mol. The van der Waals surface area contributed by atoms with E-state index in [1.165, 1.54) is 0 Å². The summed E-state index contributed by atoms with van der Waals surface area (Å²) in [5.74, 6) is 0.110. The van der Waals surface area contributed by atoms with E-state index in [9.17, 15) is 15.2 Å². The van der Waals surface area contributed by atoms with E-state index in [0.717, 1.165) is 27.6 Å². The van der Waals surface area contributed by atoms with Crippen molar-refractivity contribution in [3.8, 4) is 34.1 Å². The number of benzene rings is 3. The molecule has 32 heavy (non-hydrogen) atoms. The number of methoxy groups -OCH3 is 1. The lowest BCUT2D eigenvalue weighted by molar-refractivity contribution is 0.0697. The van der Waals surface area contributed by atoms with Crippen LogP contribution in [-0.2, 0) is 0 Å². The molecule has 1 N–H and O–H groups in total. The van der Waals surface area contributed by atoms with Crippen LogP contribution < -0.4 is 9.64 Å². The molecule has 1 aromatic heterocycles. The minimum absolute atomic E-state index is 0.202. The first kappa shape index (κ1) is 20.8. The number of ether oxygens (including phenoxy) is 1. The summed E-state index contributed by atoms with van der Waals surface area (Å²) in [5, 5.41) is 19.4. The number of carboxylic acid groups (broad SMARTS) is 1. The number of hydrogen-bond donors (Lipinski definition) is 1. The van der Waals surface area contributed by atoms with Crippen LogP contribution in [0.1, 0.15) is 15.9 Å². The van der Waals surface area contributed by atoms with Crippen molar-refractivity contribution in [2.75, 3.05) is 26.1 Å². The van der Waals surface area contributed by atoms with Gasteiger partial charge < -0.3 is 14.7 Å². The minimum atomic E-state index is -0.987. The molecule has 3 aromatic carbocycles. The summed E-state index contributed by atoms with van der Waals surface area (Å²) < 4.78 is 5.78. The molecular formula is C25H20N4O3. The second kappa shape index (κ2) is 8.36. The van der Waals surface area contributed by atoms with Crippen LogP contribution in [0.4, 0.5) is 5.95 Å². The Labute approximate surface area is 185 Å². The second-order valence-electron chi connectivity index (χ2n) is 7.41. The summed E-state index contributed by atoms with van der Waals surface area (Å²) in [6.45, 7) is 0. The summed E-state index contributed by atoms with van der Waals surface area (Å²) in [7, 11) is 5.30. The second-order valence-corrected chi connectivity index (χ2v) is 7.41. The summed E-state index contributed by atoms with van der Waals surface area (Å²) in [6.07, 6.45) is 1.76. The van der Waals surface area contributed by atoms with Crippen LogP contribution in [0.15, 0.2) is 60.8 Å². The van der Waals surface area contributed by atoms with E-state index in [4.69, 9.17) is 9.72 Å². The van der Waals surface area contributed by atoms with Crippen molar-refractivity contribution in [3.63, 3.8) is 0 Å². The molecule has 0 amide bonds. The summed E-state index contributed by atoms with van der Waals surface area (Å²) in [5.41, 5.74) is 4.62. The molecule has 1 heterocycles. The third-order valence-electron chi connectivity index (χ3n) is 5.16. The zero-order chi connectivity index (χ0) is 22.8. The first-order chi connectivity index (χ1) is 15.4. The molecule has 0 saturated carbocycles. The molecule has 158 valence electrons. The quantitative estimate of drug-likeness (QED) is 0.499. The highest BCUT2D eigenvalue weighted by Gasteiger charge is 2.19. The Morgan fingerprint density at radius 1 is 1.06 bits per heavy atom. The molecule has 0 saturated heterocycles. The normalized spacial score (nSPS) is 10.6. The van der Waals surface area contributed by atoms with E-state index in [1.54, 1.807) is 43.6 Å². The van der Waals surface area contributed by atoms with Gasteiger partial charge in [0, 0.05) is 31.2 Å². The van der Waals surface area contributed by atoms with Crippen molar-refractivity contribution in [2.45, 2.75) is 0 Å². The first-order valence-corrected chi connectivity index (χ1v) is 9.82. The first-order valence-electron chi connectivity index (χ1n) is 9.82. The SMILES string of the molecule is COc1c(-c2ccc(C(=O)O)cc2)cc(-c2cccc(C#N)c2)c2cnc(N(C)C)nc12. The number of aromatic carboxylic acids is 1. The fourth-order valence-corrected chi connectivity index (χ4v) is 3.58. The van der Waals surface area contributed by atoms with E-state index in [-0.39, 0.29) is 5.56 Å². The Hall–Kier alpha value is -4.44. The van der Waals surface area contributed by atoms with Gasteiger partial charge in [-0.25, -0.2) is 14.8 Å². The van der Waals surface area contributed by atoms with Crippen molar-refractivity contribution < 1.29 is 14.6 Å². The highest BCUT2D eigenvalue weighted by molar-refractivity contribution is 6.03. The lowest BCUT2D eigenvalue weighted by atomic mass is 9.93. The molecule has 0 aliphatic rings. The Morgan fingerprint density at radius 3 is 2.44 bits per heavy atom. The number of rotatable bonds is 5. The standard InChI is InChI=1S/C25H20N4O3/c1-29(2)25-27-14-21-19(18-6-4-5-15(11-18)13-26)12-20(23(32-3)22(21)28-25)16-7-9-17(10-8-16)24(30)31/h4-12,14H,1-3H3,(H,30,31).